The minimum absolute atomic E-state index is 0.275. The highest BCUT2D eigenvalue weighted by Crippen LogP contribution is 1.94. The van der Waals surface area contributed by atoms with Crippen molar-refractivity contribution in [1.29, 1.82) is 0 Å². The van der Waals surface area contributed by atoms with E-state index in [2.05, 4.69) is 5.10 Å². The number of aromatic nitrogens is 2. The van der Waals surface area contributed by atoms with E-state index < -0.39 is 29.5 Å². The highest BCUT2D eigenvalue weighted by molar-refractivity contribution is 5.81. The molecule has 0 bridgehead atoms. The summed E-state index contributed by atoms with van der Waals surface area (Å²) in [7, 11) is 0. The van der Waals surface area contributed by atoms with Gasteiger partial charge in [-0.15, -0.1) is 0 Å². The number of hydrogen-bond acceptors (Lipinski definition) is 4. The number of carboxylic acids is 1. The molecule has 1 heterocycles. The molecule has 0 saturated carbocycles. The van der Waals surface area contributed by atoms with E-state index in [9.17, 15) is 19.2 Å². The molecule has 0 aliphatic rings. The molecule has 19 heavy (non-hydrogen) atoms. The van der Waals surface area contributed by atoms with E-state index in [4.69, 9.17) is 5.11 Å². The van der Waals surface area contributed by atoms with Crippen LogP contribution in [-0.2, 0) is 16.1 Å². The van der Waals surface area contributed by atoms with Crippen LogP contribution in [0.25, 0.3) is 0 Å². The van der Waals surface area contributed by atoms with Gasteiger partial charge in [-0.25, -0.2) is 4.68 Å². The van der Waals surface area contributed by atoms with Crippen LogP contribution in [0.3, 0.4) is 0 Å². The maximum absolute atomic E-state index is 11.9. The van der Waals surface area contributed by atoms with E-state index in [1.165, 1.54) is 0 Å². The summed E-state index contributed by atoms with van der Waals surface area (Å²) in [6.07, 6.45) is 0.596. The van der Waals surface area contributed by atoms with Crippen LogP contribution < -0.4 is 11.1 Å². The third-order valence-corrected chi connectivity index (χ3v) is 2.35. The van der Waals surface area contributed by atoms with Gasteiger partial charge in [0, 0.05) is 18.7 Å². The van der Waals surface area contributed by atoms with Crippen molar-refractivity contribution in [1.82, 2.24) is 14.7 Å². The molecular formula is C11H15N3O5. The number of nitrogens with zero attached hydrogens (tertiary/aromatic N) is 2. The number of amides is 1. The lowest BCUT2D eigenvalue weighted by molar-refractivity contribution is -0.144. The summed E-state index contributed by atoms with van der Waals surface area (Å²) in [6, 6.07) is 2.11. The lowest BCUT2D eigenvalue weighted by atomic mass is 10.3. The molecule has 8 heteroatoms. The van der Waals surface area contributed by atoms with Crippen LogP contribution in [0.5, 0.6) is 0 Å². The van der Waals surface area contributed by atoms with Crippen molar-refractivity contribution in [2.75, 3.05) is 13.1 Å². The van der Waals surface area contributed by atoms with Gasteiger partial charge in [-0.1, -0.05) is 6.92 Å². The molecule has 1 rings (SSSR count). The average Bonchev–Trinajstić information content (AvgIpc) is 2.32. The first-order valence-electron chi connectivity index (χ1n) is 5.73. The van der Waals surface area contributed by atoms with Gasteiger partial charge < -0.3 is 10.0 Å². The molecule has 0 unspecified atom stereocenters. The molecule has 104 valence electrons. The summed E-state index contributed by atoms with van der Waals surface area (Å²) in [4.78, 5) is 46.1. The Morgan fingerprint density at radius 3 is 2.63 bits per heavy atom. The minimum atomic E-state index is -1.13. The zero-order valence-electron chi connectivity index (χ0n) is 10.5. The molecule has 0 atom stereocenters. The molecule has 1 amide bonds. The predicted octanol–water partition coefficient (Wildman–Crippen LogP) is -1.14. The highest BCUT2D eigenvalue weighted by Gasteiger charge is 2.16. The monoisotopic (exact) mass is 269 g/mol. The Kier molecular flexibility index (Phi) is 5.04. The Labute approximate surface area is 108 Å². The van der Waals surface area contributed by atoms with E-state index in [1.807, 2.05) is 0 Å². The number of H-pyrrole nitrogens is 1. The van der Waals surface area contributed by atoms with Crippen molar-refractivity contribution in [2.24, 2.45) is 0 Å². The highest BCUT2D eigenvalue weighted by atomic mass is 16.4. The van der Waals surface area contributed by atoms with Crippen LogP contribution in [0.4, 0.5) is 0 Å². The lowest BCUT2D eigenvalue weighted by Crippen LogP contribution is -2.41. The number of carboxylic acid groups (broad SMARTS) is 1. The first kappa shape index (κ1) is 14.7. The standard InChI is InChI=1S/C11H15N3O5/c1-2-5-13(7-11(18)19)10(17)6-14-9(16)4-3-8(15)12-14/h3-4H,2,5-7H2,1H3,(H,12,15)(H,18,19). The van der Waals surface area contributed by atoms with Gasteiger partial charge in [0.15, 0.2) is 0 Å². The van der Waals surface area contributed by atoms with Crippen LogP contribution in [0, 0.1) is 0 Å². The Bertz CT molecular complexity index is 574. The molecule has 0 aromatic carbocycles. The number of aliphatic carboxylic acids is 1. The van der Waals surface area contributed by atoms with Crippen LogP contribution in [0.15, 0.2) is 21.7 Å². The fourth-order valence-electron chi connectivity index (χ4n) is 1.54. The number of hydrogen-bond donors (Lipinski definition) is 2. The number of aromatic amines is 1. The van der Waals surface area contributed by atoms with Crippen LogP contribution in [0.2, 0.25) is 0 Å². The third kappa shape index (κ3) is 4.41. The maximum atomic E-state index is 11.9. The van der Waals surface area contributed by atoms with Gasteiger partial charge in [-0.3, -0.25) is 24.3 Å². The Hall–Kier alpha value is -2.38. The van der Waals surface area contributed by atoms with Gasteiger partial charge in [0.05, 0.1) is 0 Å². The molecule has 1 aromatic heterocycles. The quantitative estimate of drug-likeness (QED) is 0.677. The minimum Gasteiger partial charge on any atom is -0.480 e. The fourth-order valence-corrected chi connectivity index (χ4v) is 1.54. The van der Waals surface area contributed by atoms with Crippen molar-refractivity contribution < 1.29 is 14.7 Å². The predicted molar refractivity (Wildman–Crippen MR) is 65.8 cm³/mol. The van der Waals surface area contributed by atoms with Crippen LogP contribution in [-0.4, -0.2) is 44.8 Å². The van der Waals surface area contributed by atoms with Crippen LogP contribution >= 0.6 is 0 Å². The number of carbonyl (C=O) groups is 2. The molecule has 0 fully saturated rings. The van der Waals surface area contributed by atoms with Gasteiger partial charge in [0.2, 0.25) is 5.91 Å². The number of rotatable bonds is 6. The van der Waals surface area contributed by atoms with Crippen molar-refractivity contribution >= 4 is 11.9 Å². The molecule has 0 aliphatic carbocycles. The Morgan fingerprint density at radius 1 is 1.37 bits per heavy atom. The summed E-state index contributed by atoms with van der Waals surface area (Å²) in [5, 5.41) is 10.9. The summed E-state index contributed by atoms with van der Waals surface area (Å²) >= 11 is 0. The van der Waals surface area contributed by atoms with E-state index in [1.54, 1.807) is 6.92 Å². The first-order valence-corrected chi connectivity index (χ1v) is 5.73. The zero-order valence-corrected chi connectivity index (χ0v) is 10.5. The molecule has 8 nitrogen and oxygen atoms in total. The first-order chi connectivity index (χ1) is 8.93. The van der Waals surface area contributed by atoms with E-state index >= 15 is 0 Å². The molecule has 2 N–H and O–H groups in total. The second-order valence-electron chi connectivity index (χ2n) is 3.94. The summed E-state index contributed by atoms with van der Waals surface area (Å²) in [5.41, 5.74) is -1.03. The van der Waals surface area contributed by atoms with E-state index in [-0.39, 0.29) is 13.1 Å². The van der Waals surface area contributed by atoms with Gasteiger partial charge in [-0.2, -0.15) is 0 Å². The second-order valence-corrected chi connectivity index (χ2v) is 3.94. The number of nitrogens with one attached hydrogen (secondary N) is 1. The van der Waals surface area contributed by atoms with Gasteiger partial charge in [-0.05, 0) is 6.42 Å². The fraction of sp³-hybridized carbons (Fsp3) is 0.455. The molecule has 0 radical (unpaired) electrons. The van der Waals surface area contributed by atoms with E-state index in [0.717, 1.165) is 21.7 Å². The second kappa shape index (κ2) is 6.53. The largest absolute Gasteiger partial charge is 0.480 e. The number of carbonyl (C=O) groups excluding carboxylic acids is 1. The SMILES string of the molecule is CCCN(CC(=O)O)C(=O)Cn1[nH]c(=O)ccc1=O. The Morgan fingerprint density at radius 2 is 2.05 bits per heavy atom. The van der Waals surface area contributed by atoms with Crippen molar-refractivity contribution in [2.45, 2.75) is 19.9 Å². The maximum Gasteiger partial charge on any atom is 0.323 e. The zero-order chi connectivity index (χ0) is 14.4. The van der Waals surface area contributed by atoms with Crippen molar-refractivity contribution in [3.63, 3.8) is 0 Å². The molecular weight excluding hydrogens is 254 g/mol. The summed E-state index contributed by atoms with van der Waals surface area (Å²) < 4.78 is 0.856. The molecule has 0 spiro atoms. The summed E-state index contributed by atoms with van der Waals surface area (Å²) in [5.74, 6) is -1.66. The van der Waals surface area contributed by atoms with Crippen LogP contribution in [0.1, 0.15) is 13.3 Å². The van der Waals surface area contributed by atoms with Gasteiger partial charge >= 0.3 is 5.97 Å². The average molecular weight is 269 g/mol. The molecule has 0 saturated heterocycles. The lowest BCUT2D eigenvalue weighted by Gasteiger charge is -2.20. The summed E-state index contributed by atoms with van der Waals surface area (Å²) in [6.45, 7) is 1.26. The van der Waals surface area contributed by atoms with Gasteiger partial charge in [0.1, 0.15) is 13.1 Å². The van der Waals surface area contributed by atoms with E-state index in [0.29, 0.717) is 6.42 Å². The van der Waals surface area contributed by atoms with Gasteiger partial charge in [0.25, 0.3) is 11.1 Å². The molecule has 1 aromatic rings. The third-order valence-electron chi connectivity index (χ3n) is 2.35. The smallest absolute Gasteiger partial charge is 0.323 e. The molecule has 0 aliphatic heterocycles. The normalized spacial score (nSPS) is 10.2. The topological polar surface area (TPSA) is 112 Å². The van der Waals surface area contributed by atoms with Crippen molar-refractivity contribution in [3.8, 4) is 0 Å². The Balaban J connectivity index is 2.86. The van der Waals surface area contributed by atoms with Crippen molar-refractivity contribution in [3.05, 3.63) is 32.8 Å².